The normalized spacial score (nSPS) is 15.4. The number of anilines is 1. The number of aromatic nitrogens is 2. The van der Waals surface area contributed by atoms with Crippen LogP contribution in [0.25, 0.3) is 11.0 Å². The van der Waals surface area contributed by atoms with Crippen molar-refractivity contribution in [1.29, 1.82) is 0 Å². The summed E-state index contributed by atoms with van der Waals surface area (Å²) in [6.07, 6.45) is -0.277. The van der Waals surface area contributed by atoms with E-state index < -0.39 is 12.4 Å². The molecule has 0 atom stereocenters. The highest BCUT2D eigenvalue weighted by Crippen LogP contribution is 2.16. The lowest BCUT2D eigenvalue weighted by atomic mass is 10.3. The molecule has 21 heavy (non-hydrogen) atoms. The van der Waals surface area contributed by atoms with Crippen molar-refractivity contribution in [2.75, 3.05) is 18.5 Å². The van der Waals surface area contributed by atoms with Crippen molar-refractivity contribution in [3.8, 4) is 0 Å². The van der Waals surface area contributed by atoms with Gasteiger partial charge in [-0.15, -0.1) is 0 Å². The van der Waals surface area contributed by atoms with E-state index in [1.807, 2.05) is 0 Å². The number of nitrogens with one attached hydrogen (secondary N) is 1. The molecule has 1 saturated heterocycles. The summed E-state index contributed by atoms with van der Waals surface area (Å²) in [6, 6.07) is 4.57. The average molecular weight is 291 g/mol. The van der Waals surface area contributed by atoms with E-state index in [0.717, 1.165) is 0 Å². The van der Waals surface area contributed by atoms with E-state index in [2.05, 4.69) is 10.3 Å². The van der Waals surface area contributed by atoms with Gasteiger partial charge in [0.25, 0.3) is 5.56 Å². The van der Waals surface area contributed by atoms with Gasteiger partial charge in [-0.2, -0.15) is 0 Å². The minimum atomic E-state index is -1.19. The third kappa shape index (κ3) is 2.86. The Morgan fingerprint density at radius 3 is 2.90 bits per heavy atom. The average Bonchev–Trinajstić information content (AvgIpc) is 2.94. The first kappa shape index (κ1) is 13.5. The van der Waals surface area contributed by atoms with Gasteiger partial charge in [-0.3, -0.25) is 15.1 Å². The fraction of sp³-hybridized carbons (Fsp3) is 0.308. The van der Waals surface area contributed by atoms with E-state index in [0.29, 0.717) is 29.9 Å². The van der Waals surface area contributed by atoms with E-state index in [1.54, 1.807) is 12.1 Å². The summed E-state index contributed by atoms with van der Waals surface area (Å²) in [6.45, 7) is 1.22. The molecule has 1 aliphatic rings. The molecule has 110 valence electrons. The van der Waals surface area contributed by atoms with Gasteiger partial charge in [-0.1, -0.05) is 0 Å². The van der Waals surface area contributed by atoms with Gasteiger partial charge >= 0.3 is 6.09 Å². The molecule has 8 heteroatoms. The Hall–Kier alpha value is -2.45. The Bertz CT molecular complexity index is 736. The molecule has 2 N–H and O–H groups in total. The number of carbonyl (C=O) groups is 1. The van der Waals surface area contributed by atoms with E-state index in [-0.39, 0.29) is 12.1 Å². The molecule has 1 fully saturated rings. The van der Waals surface area contributed by atoms with Crippen molar-refractivity contribution < 1.29 is 19.4 Å². The van der Waals surface area contributed by atoms with Crippen molar-refractivity contribution in [3.05, 3.63) is 34.7 Å². The van der Waals surface area contributed by atoms with Gasteiger partial charge in [-0.05, 0) is 12.1 Å². The molecule has 1 aliphatic heterocycles. The SMILES string of the molecule is O=C(O)Nc1cnc2ccc(=O)n(CC3OCCO3)c2c1. The second kappa shape index (κ2) is 5.51. The van der Waals surface area contributed by atoms with Crippen molar-refractivity contribution in [2.24, 2.45) is 0 Å². The van der Waals surface area contributed by atoms with Gasteiger partial charge in [0.05, 0.1) is 42.7 Å². The van der Waals surface area contributed by atoms with Gasteiger partial charge in [-0.25, -0.2) is 4.79 Å². The predicted octanol–water partition coefficient (Wildman–Crippen LogP) is 0.859. The number of nitrogens with zero attached hydrogens (tertiary/aromatic N) is 2. The molecule has 2 aromatic rings. The number of ether oxygens (including phenoxy) is 2. The monoisotopic (exact) mass is 291 g/mol. The van der Waals surface area contributed by atoms with Crippen LogP contribution in [0.3, 0.4) is 0 Å². The maximum absolute atomic E-state index is 12.0. The second-order valence-electron chi connectivity index (χ2n) is 4.51. The van der Waals surface area contributed by atoms with Crippen LogP contribution >= 0.6 is 0 Å². The lowest BCUT2D eigenvalue weighted by Crippen LogP contribution is -2.27. The Balaban J connectivity index is 2.04. The van der Waals surface area contributed by atoms with E-state index >= 15 is 0 Å². The number of amides is 1. The van der Waals surface area contributed by atoms with Crippen molar-refractivity contribution in [3.63, 3.8) is 0 Å². The standard InChI is InChI=1S/C13H13N3O5/c17-11-2-1-9-10(5-8(6-14-9)15-13(18)19)16(11)7-12-20-3-4-21-12/h1-2,5-6,12,15H,3-4,7H2,(H,18,19). The maximum atomic E-state index is 12.0. The molecule has 2 aromatic heterocycles. The highest BCUT2D eigenvalue weighted by Gasteiger charge is 2.18. The zero-order chi connectivity index (χ0) is 14.8. The highest BCUT2D eigenvalue weighted by atomic mass is 16.7. The molecule has 0 spiro atoms. The summed E-state index contributed by atoms with van der Waals surface area (Å²) < 4.78 is 12.2. The fourth-order valence-electron chi connectivity index (χ4n) is 2.21. The summed E-state index contributed by atoms with van der Waals surface area (Å²) in [7, 11) is 0. The molecule has 0 bridgehead atoms. The van der Waals surface area contributed by atoms with Gasteiger partial charge < -0.3 is 19.1 Å². The molecule has 0 aromatic carbocycles. The topological polar surface area (TPSA) is 103 Å². The molecule has 3 rings (SSSR count). The summed E-state index contributed by atoms with van der Waals surface area (Å²) in [4.78, 5) is 26.9. The smallest absolute Gasteiger partial charge is 0.409 e. The number of hydrogen-bond acceptors (Lipinski definition) is 5. The summed E-state index contributed by atoms with van der Waals surface area (Å²) in [5.41, 5.74) is 1.18. The Kier molecular flexibility index (Phi) is 3.55. The lowest BCUT2D eigenvalue weighted by Gasteiger charge is -2.14. The van der Waals surface area contributed by atoms with Crippen LogP contribution in [0.5, 0.6) is 0 Å². The van der Waals surface area contributed by atoms with Crippen LogP contribution in [0.1, 0.15) is 0 Å². The number of fused-ring (bicyclic) bond motifs is 1. The third-order valence-electron chi connectivity index (χ3n) is 3.11. The third-order valence-corrected chi connectivity index (χ3v) is 3.11. The van der Waals surface area contributed by atoms with Crippen LogP contribution in [0, 0.1) is 0 Å². The van der Waals surface area contributed by atoms with Crippen LogP contribution in [0.4, 0.5) is 10.5 Å². The van der Waals surface area contributed by atoms with Crippen LogP contribution in [-0.2, 0) is 16.0 Å². The van der Waals surface area contributed by atoms with Gasteiger partial charge in [0.2, 0.25) is 0 Å². The zero-order valence-corrected chi connectivity index (χ0v) is 11.0. The second-order valence-corrected chi connectivity index (χ2v) is 4.51. The first-order valence-electron chi connectivity index (χ1n) is 6.36. The Morgan fingerprint density at radius 1 is 1.43 bits per heavy atom. The first-order chi connectivity index (χ1) is 10.1. The van der Waals surface area contributed by atoms with Crippen LogP contribution in [-0.4, -0.2) is 40.3 Å². The summed E-state index contributed by atoms with van der Waals surface area (Å²) in [5, 5.41) is 11.0. The summed E-state index contributed by atoms with van der Waals surface area (Å²) >= 11 is 0. The number of hydrogen-bond donors (Lipinski definition) is 2. The van der Waals surface area contributed by atoms with Crippen LogP contribution in [0.2, 0.25) is 0 Å². The summed E-state index contributed by atoms with van der Waals surface area (Å²) in [5.74, 6) is 0. The van der Waals surface area contributed by atoms with Gasteiger partial charge in [0.1, 0.15) is 0 Å². The number of carboxylic acid groups (broad SMARTS) is 1. The fourth-order valence-corrected chi connectivity index (χ4v) is 2.21. The Labute approximate surface area is 118 Å². The quantitative estimate of drug-likeness (QED) is 0.869. The molecule has 3 heterocycles. The highest BCUT2D eigenvalue weighted by molar-refractivity contribution is 5.86. The van der Waals surface area contributed by atoms with Crippen molar-refractivity contribution in [1.82, 2.24) is 9.55 Å². The van der Waals surface area contributed by atoms with Gasteiger partial charge in [0, 0.05) is 6.07 Å². The van der Waals surface area contributed by atoms with Crippen LogP contribution < -0.4 is 10.9 Å². The lowest BCUT2D eigenvalue weighted by molar-refractivity contribution is -0.0522. The van der Waals surface area contributed by atoms with Gasteiger partial charge in [0.15, 0.2) is 6.29 Å². The largest absolute Gasteiger partial charge is 0.465 e. The first-order valence-corrected chi connectivity index (χ1v) is 6.36. The van der Waals surface area contributed by atoms with Crippen molar-refractivity contribution >= 4 is 22.8 Å². The molecule has 8 nitrogen and oxygen atoms in total. The molecular formula is C13H13N3O5. The molecule has 0 unspecified atom stereocenters. The van der Waals surface area contributed by atoms with E-state index in [4.69, 9.17) is 14.6 Å². The maximum Gasteiger partial charge on any atom is 0.409 e. The minimum Gasteiger partial charge on any atom is -0.465 e. The minimum absolute atomic E-state index is 0.226. The van der Waals surface area contributed by atoms with E-state index in [1.165, 1.54) is 16.8 Å². The number of pyridine rings is 2. The van der Waals surface area contributed by atoms with E-state index in [9.17, 15) is 9.59 Å². The Morgan fingerprint density at radius 2 is 2.19 bits per heavy atom. The number of rotatable bonds is 3. The predicted molar refractivity (Wildman–Crippen MR) is 73.3 cm³/mol. The molecule has 0 aliphatic carbocycles. The molecule has 0 saturated carbocycles. The molecular weight excluding hydrogens is 278 g/mol. The van der Waals surface area contributed by atoms with Crippen molar-refractivity contribution in [2.45, 2.75) is 12.8 Å². The molecule has 0 radical (unpaired) electrons. The molecule has 1 amide bonds. The van der Waals surface area contributed by atoms with Crippen LogP contribution in [0.15, 0.2) is 29.2 Å². The zero-order valence-electron chi connectivity index (χ0n) is 11.0.